The highest BCUT2D eigenvalue weighted by molar-refractivity contribution is 5.64. The summed E-state index contributed by atoms with van der Waals surface area (Å²) < 4.78 is 14.7. The van der Waals surface area contributed by atoms with Crippen LogP contribution in [0.15, 0.2) is 55.1 Å². The maximum Gasteiger partial charge on any atom is 0.127 e. The van der Waals surface area contributed by atoms with E-state index in [1.807, 2.05) is 12.1 Å². The van der Waals surface area contributed by atoms with Gasteiger partial charge in [0.25, 0.3) is 0 Å². The molecule has 0 aliphatic heterocycles. The fourth-order valence-corrected chi connectivity index (χ4v) is 4.05. The summed E-state index contributed by atoms with van der Waals surface area (Å²) in [4.78, 5) is 0. The number of aryl methyl sites for hydroxylation is 1. The SMILES string of the molecule is C=CCCc1ccc(-c2ccc(C3CCC(CC)CC3)c(F)c2)cc1. The maximum absolute atomic E-state index is 14.7. The first-order valence-corrected chi connectivity index (χ1v) is 9.71. The van der Waals surface area contributed by atoms with Gasteiger partial charge in [0.05, 0.1) is 0 Å². The predicted molar refractivity (Wildman–Crippen MR) is 105 cm³/mol. The molecule has 0 saturated heterocycles. The van der Waals surface area contributed by atoms with Crippen molar-refractivity contribution in [1.29, 1.82) is 0 Å². The Kier molecular flexibility index (Phi) is 6.07. The molecule has 0 spiro atoms. The van der Waals surface area contributed by atoms with Gasteiger partial charge in [0.15, 0.2) is 0 Å². The van der Waals surface area contributed by atoms with Gasteiger partial charge in [0, 0.05) is 0 Å². The molecule has 1 fully saturated rings. The van der Waals surface area contributed by atoms with Gasteiger partial charge in [-0.05, 0) is 78.7 Å². The highest BCUT2D eigenvalue weighted by atomic mass is 19.1. The van der Waals surface area contributed by atoms with Crippen LogP contribution >= 0.6 is 0 Å². The zero-order valence-corrected chi connectivity index (χ0v) is 15.3. The van der Waals surface area contributed by atoms with Crippen LogP contribution in [0.25, 0.3) is 11.1 Å². The second kappa shape index (κ2) is 8.47. The van der Waals surface area contributed by atoms with Crippen molar-refractivity contribution in [2.24, 2.45) is 5.92 Å². The van der Waals surface area contributed by atoms with E-state index in [0.29, 0.717) is 5.92 Å². The Morgan fingerprint density at radius 2 is 1.68 bits per heavy atom. The Bertz CT molecular complexity index is 691. The smallest absolute Gasteiger partial charge is 0.127 e. The standard InChI is InChI=1S/C24H29F/c1-3-5-6-19-9-11-20(12-10-19)22-15-16-23(24(25)17-22)21-13-7-18(4-2)8-14-21/h3,9-12,15-18,21H,1,4-8,13-14H2,2H3. The third-order valence-electron chi connectivity index (χ3n) is 5.79. The Hall–Kier alpha value is -1.89. The summed E-state index contributed by atoms with van der Waals surface area (Å²) in [5, 5.41) is 0. The van der Waals surface area contributed by atoms with Gasteiger partial charge in [0.1, 0.15) is 5.82 Å². The lowest BCUT2D eigenvalue weighted by Crippen LogP contribution is -2.13. The molecule has 1 saturated carbocycles. The fraction of sp³-hybridized carbons (Fsp3) is 0.417. The summed E-state index contributed by atoms with van der Waals surface area (Å²) in [6.45, 7) is 6.03. The van der Waals surface area contributed by atoms with E-state index in [4.69, 9.17) is 0 Å². The zero-order chi connectivity index (χ0) is 17.6. The molecule has 0 N–H and O–H groups in total. The first-order chi connectivity index (χ1) is 12.2. The lowest BCUT2D eigenvalue weighted by Gasteiger charge is -2.28. The highest BCUT2D eigenvalue weighted by Gasteiger charge is 2.23. The van der Waals surface area contributed by atoms with Crippen molar-refractivity contribution in [2.75, 3.05) is 0 Å². The molecule has 0 aromatic heterocycles. The van der Waals surface area contributed by atoms with E-state index in [0.717, 1.165) is 48.3 Å². The van der Waals surface area contributed by atoms with Crippen LogP contribution < -0.4 is 0 Å². The molecule has 0 atom stereocenters. The Balaban J connectivity index is 1.72. The van der Waals surface area contributed by atoms with Gasteiger partial charge >= 0.3 is 0 Å². The van der Waals surface area contributed by atoms with Crippen molar-refractivity contribution >= 4 is 0 Å². The predicted octanol–water partition coefficient (Wildman–Crippen LogP) is 7.30. The van der Waals surface area contributed by atoms with Crippen LogP contribution in [0.1, 0.15) is 62.5 Å². The average Bonchev–Trinajstić information content (AvgIpc) is 2.67. The number of hydrogen-bond acceptors (Lipinski definition) is 0. The van der Waals surface area contributed by atoms with Crippen molar-refractivity contribution in [2.45, 2.75) is 57.8 Å². The highest BCUT2D eigenvalue weighted by Crippen LogP contribution is 2.38. The Morgan fingerprint density at radius 1 is 1.00 bits per heavy atom. The normalized spacial score (nSPS) is 20.4. The first-order valence-electron chi connectivity index (χ1n) is 9.71. The second-order valence-electron chi connectivity index (χ2n) is 7.39. The lowest BCUT2D eigenvalue weighted by atomic mass is 9.77. The van der Waals surface area contributed by atoms with Crippen molar-refractivity contribution in [3.63, 3.8) is 0 Å². The Morgan fingerprint density at radius 3 is 2.28 bits per heavy atom. The molecule has 3 rings (SSSR count). The molecule has 0 bridgehead atoms. The summed E-state index contributed by atoms with van der Waals surface area (Å²) in [6, 6.07) is 14.3. The zero-order valence-electron chi connectivity index (χ0n) is 15.3. The largest absolute Gasteiger partial charge is 0.207 e. The minimum Gasteiger partial charge on any atom is -0.207 e. The van der Waals surface area contributed by atoms with Gasteiger partial charge < -0.3 is 0 Å². The minimum atomic E-state index is -0.0341. The molecule has 132 valence electrons. The van der Waals surface area contributed by atoms with E-state index in [1.54, 1.807) is 6.07 Å². The quantitative estimate of drug-likeness (QED) is 0.486. The third kappa shape index (κ3) is 4.39. The van der Waals surface area contributed by atoms with E-state index in [9.17, 15) is 4.39 Å². The molecule has 0 heterocycles. The Labute approximate surface area is 151 Å². The first kappa shape index (κ1) is 17.9. The fourth-order valence-electron chi connectivity index (χ4n) is 4.05. The number of benzene rings is 2. The van der Waals surface area contributed by atoms with Gasteiger partial charge in [-0.3, -0.25) is 0 Å². The molecule has 0 amide bonds. The number of allylic oxidation sites excluding steroid dienone is 1. The van der Waals surface area contributed by atoms with E-state index >= 15 is 0 Å². The van der Waals surface area contributed by atoms with Crippen molar-refractivity contribution in [1.82, 2.24) is 0 Å². The van der Waals surface area contributed by atoms with Crippen molar-refractivity contribution in [3.8, 4) is 11.1 Å². The van der Waals surface area contributed by atoms with Crippen LogP contribution in [0.3, 0.4) is 0 Å². The number of rotatable bonds is 6. The van der Waals surface area contributed by atoms with Gasteiger partial charge in [-0.15, -0.1) is 6.58 Å². The molecule has 1 aliphatic rings. The third-order valence-corrected chi connectivity index (χ3v) is 5.79. The number of halogens is 1. The second-order valence-corrected chi connectivity index (χ2v) is 7.39. The van der Waals surface area contributed by atoms with Crippen LogP contribution in [-0.2, 0) is 6.42 Å². The van der Waals surface area contributed by atoms with Crippen molar-refractivity contribution in [3.05, 3.63) is 72.1 Å². The molecule has 0 radical (unpaired) electrons. The number of hydrogen-bond donors (Lipinski definition) is 0. The summed E-state index contributed by atoms with van der Waals surface area (Å²) in [6.07, 6.45) is 9.95. The monoisotopic (exact) mass is 336 g/mol. The van der Waals surface area contributed by atoms with E-state index < -0.39 is 0 Å². The average molecular weight is 336 g/mol. The minimum absolute atomic E-state index is 0.0341. The van der Waals surface area contributed by atoms with E-state index in [-0.39, 0.29) is 5.82 Å². The van der Waals surface area contributed by atoms with Gasteiger partial charge in [0.2, 0.25) is 0 Å². The molecule has 1 aliphatic carbocycles. The molecule has 0 unspecified atom stereocenters. The van der Waals surface area contributed by atoms with Crippen LogP contribution in [0.4, 0.5) is 4.39 Å². The van der Waals surface area contributed by atoms with Gasteiger partial charge in [-0.2, -0.15) is 0 Å². The topological polar surface area (TPSA) is 0 Å². The maximum atomic E-state index is 14.7. The van der Waals surface area contributed by atoms with E-state index in [2.05, 4.69) is 43.8 Å². The van der Waals surface area contributed by atoms with Gasteiger partial charge in [-0.1, -0.05) is 55.8 Å². The van der Waals surface area contributed by atoms with Gasteiger partial charge in [-0.25, -0.2) is 4.39 Å². The van der Waals surface area contributed by atoms with Crippen LogP contribution in [0, 0.1) is 11.7 Å². The summed E-state index contributed by atoms with van der Waals surface area (Å²) in [7, 11) is 0. The molecule has 1 heteroatoms. The van der Waals surface area contributed by atoms with Crippen LogP contribution in [0.5, 0.6) is 0 Å². The molecule has 2 aromatic rings. The lowest BCUT2D eigenvalue weighted by molar-refractivity contribution is 0.314. The summed E-state index contributed by atoms with van der Waals surface area (Å²) in [5.41, 5.74) is 4.27. The van der Waals surface area contributed by atoms with Crippen LogP contribution in [-0.4, -0.2) is 0 Å². The van der Waals surface area contributed by atoms with Crippen LogP contribution in [0.2, 0.25) is 0 Å². The molecular weight excluding hydrogens is 307 g/mol. The molecule has 0 nitrogen and oxygen atoms in total. The molecule has 2 aromatic carbocycles. The summed E-state index contributed by atoms with van der Waals surface area (Å²) in [5.74, 6) is 1.21. The van der Waals surface area contributed by atoms with Crippen molar-refractivity contribution < 1.29 is 4.39 Å². The summed E-state index contributed by atoms with van der Waals surface area (Å²) >= 11 is 0. The molecule has 25 heavy (non-hydrogen) atoms. The van der Waals surface area contributed by atoms with E-state index in [1.165, 1.54) is 24.8 Å². The molecular formula is C24H29F.